The Bertz CT molecular complexity index is 672. The van der Waals surface area contributed by atoms with Crippen molar-refractivity contribution in [2.45, 2.75) is 31.7 Å². The fraction of sp³-hybridized carbons (Fsp3) is 0.429. The van der Waals surface area contributed by atoms with Gasteiger partial charge in [-0.3, -0.25) is 9.36 Å². The molecule has 1 aromatic carbocycles. The zero-order chi connectivity index (χ0) is 13.4. The molecule has 0 aliphatic heterocycles. The van der Waals surface area contributed by atoms with Gasteiger partial charge in [-0.1, -0.05) is 12.8 Å². The van der Waals surface area contributed by atoms with E-state index in [9.17, 15) is 9.90 Å². The number of fused-ring (bicyclic) bond motifs is 1. The molecule has 5 heteroatoms. The summed E-state index contributed by atoms with van der Waals surface area (Å²) in [5, 5.41) is 10.2. The number of phenolic OH excluding ortho intramolecular Hbond substituents is 1. The lowest BCUT2D eigenvalue weighted by molar-refractivity contribution is 0.374. The number of phenols is 1. The van der Waals surface area contributed by atoms with E-state index in [0.717, 1.165) is 25.7 Å². The third kappa shape index (κ3) is 1.95. The highest BCUT2D eigenvalue weighted by molar-refractivity contribution is 5.81. The Morgan fingerprint density at radius 2 is 2.11 bits per heavy atom. The Morgan fingerprint density at radius 1 is 1.37 bits per heavy atom. The second kappa shape index (κ2) is 4.57. The second-order valence-corrected chi connectivity index (χ2v) is 4.94. The van der Waals surface area contributed by atoms with E-state index in [-0.39, 0.29) is 17.4 Å². The minimum atomic E-state index is -0.0881. The van der Waals surface area contributed by atoms with Gasteiger partial charge in [0.25, 0.3) is 5.56 Å². The lowest BCUT2D eigenvalue weighted by atomic mass is 10.2. The van der Waals surface area contributed by atoms with Crippen LogP contribution in [0.25, 0.3) is 10.9 Å². The van der Waals surface area contributed by atoms with Gasteiger partial charge in [0, 0.05) is 12.1 Å². The van der Waals surface area contributed by atoms with Gasteiger partial charge in [-0.25, -0.2) is 4.98 Å². The summed E-state index contributed by atoms with van der Waals surface area (Å²) >= 11 is 0. The van der Waals surface area contributed by atoms with Crippen LogP contribution in [0.15, 0.2) is 23.3 Å². The van der Waals surface area contributed by atoms with E-state index >= 15 is 0 Å². The summed E-state index contributed by atoms with van der Waals surface area (Å²) in [4.78, 5) is 16.7. The van der Waals surface area contributed by atoms with Crippen molar-refractivity contribution in [3.05, 3.63) is 28.8 Å². The first-order valence-corrected chi connectivity index (χ1v) is 6.48. The van der Waals surface area contributed by atoms with Gasteiger partial charge in [0.15, 0.2) is 11.5 Å². The van der Waals surface area contributed by atoms with Crippen LogP contribution in [0.4, 0.5) is 0 Å². The second-order valence-electron chi connectivity index (χ2n) is 4.94. The number of benzene rings is 1. The van der Waals surface area contributed by atoms with Crippen LogP contribution < -0.4 is 10.3 Å². The Balaban J connectivity index is 2.18. The number of hydrogen-bond donors (Lipinski definition) is 1. The van der Waals surface area contributed by atoms with Gasteiger partial charge in [0.05, 0.1) is 24.3 Å². The maximum Gasteiger partial charge on any atom is 0.261 e. The highest BCUT2D eigenvalue weighted by Gasteiger charge is 2.19. The monoisotopic (exact) mass is 260 g/mol. The van der Waals surface area contributed by atoms with Crippen molar-refractivity contribution in [1.82, 2.24) is 9.55 Å². The van der Waals surface area contributed by atoms with Crippen molar-refractivity contribution >= 4 is 10.9 Å². The van der Waals surface area contributed by atoms with E-state index in [4.69, 9.17) is 4.74 Å². The molecule has 1 heterocycles. The van der Waals surface area contributed by atoms with Gasteiger partial charge in [0.1, 0.15) is 0 Å². The zero-order valence-electron chi connectivity index (χ0n) is 10.8. The van der Waals surface area contributed by atoms with Crippen LogP contribution in [0.2, 0.25) is 0 Å². The molecule has 1 saturated carbocycles. The molecule has 0 amide bonds. The molecule has 1 aliphatic carbocycles. The average molecular weight is 260 g/mol. The first kappa shape index (κ1) is 12.0. The quantitative estimate of drug-likeness (QED) is 0.899. The minimum Gasteiger partial charge on any atom is -0.504 e. The summed E-state index contributed by atoms with van der Waals surface area (Å²) in [5.74, 6) is 0.302. The van der Waals surface area contributed by atoms with Gasteiger partial charge in [-0.15, -0.1) is 0 Å². The van der Waals surface area contributed by atoms with Crippen molar-refractivity contribution in [2.75, 3.05) is 7.11 Å². The number of methoxy groups -OCH3 is 1. The van der Waals surface area contributed by atoms with Crippen LogP contribution in [0, 0.1) is 0 Å². The Hall–Kier alpha value is -2.04. The highest BCUT2D eigenvalue weighted by atomic mass is 16.5. The van der Waals surface area contributed by atoms with Crippen molar-refractivity contribution in [1.29, 1.82) is 0 Å². The highest BCUT2D eigenvalue weighted by Crippen LogP contribution is 2.31. The largest absolute Gasteiger partial charge is 0.504 e. The Kier molecular flexibility index (Phi) is 2.89. The molecule has 0 saturated heterocycles. The number of nitrogens with zero attached hydrogens (tertiary/aromatic N) is 2. The lowest BCUT2D eigenvalue weighted by Gasteiger charge is -2.13. The van der Waals surface area contributed by atoms with E-state index in [1.807, 2.05) is 0 Å². The third-order valence-corrected chi connectivity index (χ3v) is 3.80. The summed E-state index contributed by atoms with van der Waals surface area (Å²) in [6.07, 6.45) is 5.97. The van der Waals surface area contributed by atoms with Crippen LogP contribution in [0.3, 0.4) is 0 Å². The molecule has 19 heavy (non-hydrogen) atoms. The standard InChI is InChI=1S/C14H16N2O3/c1-19-13-7-11-10(6-12(13)17)14(18)16(8-15-11)9-4-2-3-5-9/h6-9,17H,2-5H2,1H3. The maximum atomic E-state index is 12.4. The number of hydrogen-bond acceptors (Lipinski definition) is 4. The maximum absolute atomic E-state index is 12.4. The van der Waals surface area contributed by atoms with Crippen LogP contribution >= 0.6 is 0 Å². The van der Waals surface area contributed by atoms with Crippen LogP contribution in [-0.2, 0) is 0 Å². The molecule has 2 aromatic rings. The number of rotatable bonds is 2. The van der Waals surface area contributed by atoms with Crippen LogP contribution in [0.5, 0.6) is 11.5 Å². The molecule has 5 nitrogen and oxygen atoms in total. The smallest absolute Gasteiger partial charge is 0.261 e. The van der Waals surface area contributed by atoms with Gasteiger partial charge in [0.2, 0.25) is 0 Å². The van der Waals surface area contributed by atoms with E-state index < -0.39 is 0 Å². The molecular formula is C14H16N2O3. The summed E-state index contributed by atoms with van der Waals surface area (Å²) in [5.41, 5.74) is 0.462. The van der Waals surface area contributed by atoms with E-state index in [1.54, 1.807) is 17.0 Å². The number of aromatic hydroxyl groups is 1. The zero-order valence-corrected chi connectivity index (χ0v) is 10.8. The predicted molar refractivity (Wildman–Crippen MR) is 71.7 cm³/mol. The summed E-state index contributed by atoms with van der Waals surface area (Å²) in [6, 6.07) is 3.27. The fourth-order valence-corrected chi connectivity index (χ4v) is 2.76. The minimum absolute atomic E-state index is 0.0296. The van der Waals surface area contributed by atoms with Crippen molar-refractivity contribution in [3.8, 4) is 11.5 Å². The lowest BCUT2D eigenvalue weighted by Crippen LogP contribution is -2.23. The fourth-order valence-electron chi connectivity index (χ4n) is 2.76. The first-order chi connectivity index (χ1) is 9.20. The van der Waals surface area contributed by atoms with E-state index in [0.29, 0.717) is 16.7 Å². The van der Waals surface area contributed by atoms with Crippen molar-refractivity contribution in [2.24, 2.45) is 0 Å². The number of aromatic nitrogens is 2. The van der Waals surface area contributed by atoms with Gasteiger partial charge in [-0.05, 0) is 18.9 Å². The van der Waals surface area contributed by atoms with E-state index in [2.05, 4.69) is 4.98 Å². The molecule has 1 aromatic heterocycles. The Labute approximate surface area is 110 Å². The van der Waals surface area contributed by atoms with Crippen LogP contribution in [-0.4, -0.2) is 21.8 Å². The van der Waals surface area contributed by atoms with Crippen LogP contribution in [0.1, 0.15) is 31.7 Å². The van der Waals surface area contributed by atoms with E-state index in [1.165, 1.54) is 13.2 Å². The van der Waals surface area contributed by atoms with Crippen molar-refractivity contribution in [3.63, 3.8) is 0 Å². The molecule has 0 spiro atoms. The van der Waals surface area contributed by atoms with Gasteiger partial charge >= 0.3 is 0 Å². The molecule has 0 radical (unpaired) electrons. The molecule has 1 fully saturated rings. The van der Waals surface area contributed by atoms with Crippen molar-refractivity contribution < 1.29 is 9.84 Å². The Morgan fingerprint density at radius 3 is 2.79 bits per heavy atom. The van der Waals surface area contributed by atoms with Gasteiger partial charge in [-0.2, -0.15) is 0 Å². The molecule has 0 atom stereocenters. The summed E-state index contributed by atoms with van der Waals surface area (Å²) in [7, 11) is 1.47. The third-order valence-electron chi connectivity index (χ3n) is 3.80. The molecule has 1 aliphatic rings. The molecule has 3 rings (SSSR count). The molecule has 100 valence electrons. The normalized spacial score (nSPS) is 16.1. The molecule has 0 bridgehead atoms. The topological polar surface area (TPSA) is 64.4 Å². The summed E-state index contributed by atoms with van der Waals surface area (Å²) < 4.78 is 6.72. The average Bonchev–Trinajstić information content (AvgIpc) is 2.93. The SMILES string of the molecule is COc1cc2ncn(C3CCCC3)c(=O)c2cc1O. The van der Waals surface area contributed by atoms with Gasteiger partial charge < -0.3 is 9.84 Å². The summed E-state index contributed by atoms with van der Waals surface area (Å²) in [6.45, 7) is 0. The predicted octanol–water partition coefficient (Wildman–Crippen LogP) is 2.23. The molecule has 0 unspecified atom stereocenters. The number of ether oxygens (including phenoxy) is 1. The molecule has 1 N–H and O–H groups in total. The first-order valence-electron chi connectivity index (χ1n) is 6.48. The molecular weight excluding hydrogens is 244 g/mol.